The lowest BCUT2D eigenvalue weighted by atomic mass is 10.1. The highest BCUT2D eigenvalue weighted by Crippen LogP contribution is 2.31. The molecular formula is C16H15F3N4O2. The maximum atomic E-state index is 12.8. The Morgan fingerprint density at radius 1 is 1.04 bits per heavy atom. The van der Waals surface area contributed by atoms with E-state index >= 15 is 0 Å². The summed E-state index contributed by atoms with van der Waals surface area (Å²) < 4.78 is 38.4. The Labute approximate surface area is 141 Å². The number of nitrogens with zero attached hydrogens (tertiary/aromatic N) is 4. The number of carbonyl (C=O) groups is 1. The molecule has 0 saturated carbocycles. The Balaban J connectivity index is 1.74. The number of hydrogen-bond donors (Lipinski definition) is 1. The van der Waals surface area contributed by atoms with Gasteiger partial charge in [0.05, 0.1) is 11.3 Å². The first-order valence-corrected chi connectivity index (χ1v) is 7.59. The normalized spacial score (nSPS) is 15.3. The molecule has 1 aliphatic rings. The predicted octanol–water partition coefficient (Wildman–Crippen LogP) is 2.96. The molecule has 3 rings (SSSR count). The van der Waals surface area contributed by atoms with E-state index in [0.29, 0.717) is 43.3 Å². The van der Waals surface area contributed by atoms with Crippen LogP contribution in [0.3, 0.4) is 0 Å². The Hall–Kier alpha value is -2.84. The molecule has 2 heterocycles. The van der Waals surface area contributed by atoms with Gasteiger partial charge < -0.3 is 14.9 Å². The minimum Gasteiger partial charge on any atom is -0.465 e. The Morgan fingerprint density at radius 3 is 2.32 bits per heavy atom. The highest BCUT2D eigenvalue weighted by Gasteiger charge is 2.30. The number of anilines is 1. The lowest BCUT2D eigenvalue weighted by Crippen LogP contribution is -2.48. The van der Waals surface area contributed by atoms with Gasteiger partial charge in [0.1, 0.15) is 0 Å². The van der Waals surface area contributed by atoms with Crippen LogP contribution in [0, 0.1) is 0 Å². The molecule has 1 aromatic carbocycles. The summed E-state index contributed by atoms with van der Waals surface area (Å²) >= 11 is 0. The van der Waals surface area contributed by atoms with Crippen LogP contribution in [0.5, 0.6) is 0 Å². The van der Waals surface area contributed by atoms with E-state index in [2.05, 4.69) is 10.2 Å². The van der Waals surface area contributed by atoms with E-state index in [1.54, 1.807) is 18.2 Å². The van der Waals surface area contributed by atoms with Gasteiger partial charge in [0, 0.05) is 31.7 Å². The number of amides is 1. The number of rotatable bonds is 2. The largest absolute Gasteiger partial charge is 0.465 e. The van der Waals surface area contributed by atoms with Gasteiger partial charge in [0.25, 0.3) is 0 Å². The van der Waals surface area contributed by atoms with Crippen molar-refractivity contribution in [3.8, 4) is 11.3 Å². The van der Waals surface area contributed by atoms with Gasteiger partial charge in [-0.25, -0.2) is 4.79 Å². The maximum absolute atomic E-state index is 12.8. The summed E-state index contributed by atoms with van der Waals surface area (Å²) in [5.74, 6) is 0.570. The number of carboxylic acid groups (broad SMARTS) is 1. The second-order valence-electron chi connectivity index (χ2n) is 5.61. The quantitative estimate of drug-likeness (QED) is 0.900. The minimum atomic E-state index is -4.41. The molecule has 1 amide bonds. The van der Waals surface area contributed by atoms with Gasteiger partial charge in [0.2, 0.25) is 0 Å². The second-order valence-corrected chi connectivity index (χ2v) is 5.61. The van der Waals surface area contributed by atoms with Crippen molar-refractivity contribution < 1.29 is 23.1 Å². The summed E-state index contributed by atoms with van der Waals surface area (Å²) in [6, 6.07) is 8.21. The fourth-order valence-corrected chi connectivity index (χ4v) is 2.63. The number of alkyl halides is 3. The highest BCUT2D eigenvalue weighted by atomic mass is 19.4. The number of halogens is 3. The molecule has 0 bridgehead atoms. The van der Waals surface area contributed by atoms with Crippen LogP contribution in [0.1, 0.15) is 5.56 Å². The standard InChI is InChI=1S/C16H15F3N4O2/c17-16(18,19)12-3-1-2-11(10-12)13-4-5-14(21-20-13)22-6-8-23(9-7-22)15(24)25/h1-5,10H,6-9H2,(H,24,25). The molecule has 0 aliphatic carbocycles. The Morgan fingerprint density at radius 2 is 1.76 bits per heavy atom. The van der Waals surface area contributed by atoms with Crippen LogP contribution in [0.25, 0.3) is 11.3 Å². The average molecular weight is 352 g/mol. The molecule has 0 spiro atoms. The summed E-state index contributed by atoms with van der Waals surface area (Å²) in [6.45, 7) is 1.71. The zero-order valence-corrected chi connectivity index (χ0v) is 13.1. The summed E-state index contributed by atoms with van der Waals surface area (Å²) in [6.07, 6.45) is -5.36. The van der Waals surface area contributed by atoms with Crippen molar-refractivity contribution in [3.63, 3.8) is 0 Å². The zero-order chi connectivity index (χ0) is 18.0. The van der Waals surface area contributed by atoms with Gasteiger partial charge in [-0.05, 0) is 24.3 Å². The molecule has 2 aromatic rings. The van der Waals surface area contributed by atoms with Crippen LogP contribution in [0.15, 0.2) is 36.4 Å². The Kier molecular flexibility index (Phi) is 4.47. The molecule has 1 N–H and O–H groups in total. The predicted molar refractivity (Wildman–Crippen MR) is 84.3 cm³/mol. The van der Waals surface area contributed by atoms with E-state index in [1.807, 2.05) is 4.90 Å². The number of piperazine rings is 1. The molecule has 132 valence electrons. The summed E-state index contributed by atoms with van der Waals surface area (Å²) in [4.78, 5) is 14.1. The minimum absolute atomic E-state index is 0.338. The zero-order valence-electron chi connectivity index (χ0n) is 13.1. The van der Waals surface area contributed by atoms with E-state index < -0.39 is 17.8 Å². The maximum Gasteiger partial charge on any atom is 0.416 e. The molecule has 0 unspecified atom stereocenters. The van der Waals surface area contributed by atoms with Gasteiger partial charge in [0.15, 0.2) is 5.82 Å². The van der Waals surface area contributed by atoms with E-state index in [-0.39, 0.29) is 0 Å². The number of hydrogen-bond acceptors (Lipinski definition) is 4. The van der Waals surface area contributed by atoms with Gasteiger partial charge in [-0.2, -0.15) is 13.2 Å². The van der Waals surface area contributed by atoms with Crippen molar-refractivity contribution in [2.24, 2.45) is 0 Å². The molecule has 1 aliphatic heterocycles. The molecule has 6 nitrogen and oxygen atoms in total. The fourth-order valence-electron chi connectivity index (χ4n) is 2.63. The number of aromatic nitrogens is 2. The van der Waals surface area contributed by atoms with Crippen molar-refractivity contribution in [2.75, 3.05) is 31.1 Å². The molecule has 1 aromatic heterocycles. The molecule has 1 saturated heterocycles. The van der Waals surface area contributed by atoms with Gasteiger partial charge >= 0.3 is 12.3 Å². The lowest BCUT2D eigenvalue weighted by molar-refractivity contribution is -0.137. The van der Waals surface area contributed by atoms with Crippen LogP contribution in [0.4, 0.5) is 23.8 Å². The van der Waals surface area contributed by atoms with E-state index in [9.17, 15) is 18.0 Å². The van der Waals surface area contributed by atoms with Crippen molar-refractivity contribution in [1.82, 2.24) is 15.1 Å². The van der Waals surface area contributed by atoms with Crippen LogP contribution >= 0.6 is 0 Å². The molecule has 0 radical (unpaired) electrons. The van der Waals surface area contributed by atoms with Crippen LogP contribution in [0.2, 0.25) is 0 Å². The second kappa shape index (κ2) is 6.58. The third-order valence-corrected chi connectivity index (χ3v) is 4.01. The van der Waals surface area contributed by atoms with Crippen molar-refractivity contribution in [3.05, 3.63) is 42.0 Å². The van der Waals surface area contributed by atoms with Crippen molar-refractivity contribution in [2.45, 2.75) is 6.18 Å². The average Bonchev–Trinajstić information content (AvgIpc) is 2.61. The topological polar surface area (TPSA) is 69.6 Å². The van der Waals surface area contributed by atoms with Gasteiger partial charge in [-0.3, -0.25) is 0 Å². The monoisotopic (exact) mass is 352 g/mol. The van der Waals surface area contributed by atoms with Crippen molar-refractivity contribution >= 4 is 11.9 Å². The third kappa shape index (κ3) is 3.81. The van der Waals surface area contributed by atoms with E-state index in [1.165, 1.54) is 11.0 Å². The summed E-state index contributed by atoms with van der Waals surface area (Å²) in [5, 5.41) is 17.0. The fraction of sp³-hybridized carbons (Fsp3) is 0.312. The molecule has 25 heavy (non-hydrogen) atoms. The smallest absolute Gasteiger partial charge is 0.416 e. The van der Waals surface area contributed by atoms with E-state index in [4.69, 9.17) is 5.11 Å². The van der Waals surface area contributed by atoms with E-state index in [0.717, 1.165) is 12.1 Å². The number of benzene rings is 1. The molecule has 1 fully saturated rings. The molecule has 0 atom stereocenters. The van der Waals surface area contributed by atoms with Crippen molar-refractivity contribution in [1.29, 1.82) is 0 Å². The summed E-state index contributed by atoms with van der Waals surface area (Å²) in [5.41, 5.74) is -0.0516. The molecule has 9 heteroatoms. The highest BCUT2D eigenvalue weighted by molar-refractivity contribution is 5.65. The van der Waals surface area contributed by atoms with Crippen LogP contribution < -0.4 is 4.90 Å². The Bertz CT molecular complexity index is 757. The first-order chi connectivity index (χ1) is 11.8. The first kappa shape index (κ1) is 17.0. The van der Waals surface area contributed by atoms with Gasteiger partial charge in [-0.1, -0.05) is 12.1 Å². The first-order valence-electron chi connectivity index (χ1n) is 7.59. The SMILES string of the molecule is O=C(O)N1CCN(c2ccc(-c3cccc(C(F)(F)F)c3)nn2)CC1. The van der Waals surface area contributed by atoms with Gasteiger partial charge in [-0.15, -0.1) is 10.2 Å². The molecular weight excluding hydrogens is 337 g/mol. The van der Waals surface area contributed by atoms with Crippen LogP contribution in [-0.2, 0) is 6.18 Å². The third-order valence-electron chi connectivity index (χ3n) is 4.01. The lowest BCUT2D eigenvalue weighted by Gasteiger charge is -2.33. The van der Waals surface area contributed by atoms with Crippen LogP contribution in [-0.4, -0.2) is 52.5 Å². The summed E-state index contributed by atoms with van der Waals surface area (Å²) in [7, 11) is 0.